The smallest absolute Gasteiger partial charge is 0.305 e. The number of unbranched alkanes of at least 4 members (excludes halogenated alkanes) is 4. The van der Waals surface area contributed by atoms with Crippen molar-refractivity contribution in [1.29, 1.82) is 0 Å². The van der Waals surface area contributed by atoms with Crippen LogP contribution in [0.15, 0.2) is 0 Å². The molecule has 0 spiro atoms. The molecule has 17 heavy (non-hydrogen) atoms. The first-order valence-corrected chi connectivity index (χ1v) is 7.38. The van der Waals surface area contributed by atoms with Crippen molar-refractivity contribution in [1.82, 2.24) is 0 Å². The first-order valence-electron chi connectivity index (χ1n) is 7.38. The molecule has 0 radical (unpaired) electrons. The normalized spacial score (nSPS) is 7.29. The summed E-state index contributed by atoms with van der Waals surface area (Å²) in [5.74, 6) is -0.0819. The highest BCUT2D eigenvalue weighted by Crippen LogP contribution is 2.04. The number of rotatable bonds is 6. The maximum atomic E-state index is 10.6. The van der Waals surface area contributed by atoms with E-state index in [9.17, 15) is 4.79 Å². The number of ether oxygens (including phenoxy) is 1. The Balaban J connectivity index is -0.000000121. The molecule has 0 amide bonds. The molecule has 0 aliphatic rings. The van der Waals surface area contributed by atoms with Crippen LogP contribution < -0.4 is 0 Å². The van der Waals surface area contributed by atoms with Crippen molar-refractivity contribution >= 4 is 5.97 Å². The Bertz CT molecular complexity index is 101. The zero-order valence-electron chi connectivity index (χ0n) is 13.6. The Kier molecular flexibility index (Phi) is 53.9. The fraction of sp³-hybridized carbons (Fsp3) is 0.933. The topological polar surface area (TPSA) is 26.3 Å². The van der Waals surface area contributed by atoms with Gasteiger partial charge in [0, 0.05) is 6.42 Å². The Morgan fingerprint density at radius 2 is 1.24 bits per heavy atom. The molecule has 0 saturated carbocycles. The molecule has 0 bridgehead atoms. The Labute approximate surface area is 110 Å². The van der Waals surface area contributed by atoms with Crippen molar-refractivity contribution in [2.75, 3.05) is 7.11 Å². The number of methoxy groups -OCH3 is 1. The van der Waals surface area contributed by atoms with Gasteiger partial charge >= 0.3 is 5.97 Å². The van der Waals surface area contributed by atoms with Gasteiger partial charge in [0.25, 0.3) is 0 Å². The fourth-order valence-electron chi connectivity index (χ4n) is 0.975. The maximum absolute atomic E-state index is 10.6. The van der Waals surface area contributed by atoms with Gasteiger partial charge in [-0.15, -0.1) is 0 Å². The highest BCUT2D eigenvalue weighted by molar-refractivity contribution is 5.68. The molecule has 0 atom stereocenters. The molecule has 0 N–H and O–H groups in total. The van der Waals surface area contributed by atoms with Crippen LogP contribution in [0.1, 0.15) is 87.0 Å². The van der Waals surface area contributed by atoms with Gasteiger partial charge in [-0.1, -0.05) is 74.1 Å². The quantitative estimate of drug-likeness (QED) is 0.452. The predicted molar refractivity (Wildman–Crippen MR) is 79.4 cm³/mol. The minimum Gasteiger partial charge on any atom is -0.469 e. The number of hydrogen-bond donors (Lipinski definition) is 0. The molecule has 0 aromatic carbocycles. The van der Waals surface area contributed by atoms with Crippen LogP contribution in [0.4, 0.5) is 0 Å². The average molecular weight is 248 g/mol. The van der Waals surface area contributed by atoms with Gasteiger partial charge in [0.1, 0.15) is 0 Å². The van der Waals surface area contributed by atoms with Crippen molar-refractivity contribution in [3.05, 3.63) is 0 Å². The van der Waals surface area contributed by atoms with Crippen molar-refractivity contribution in [2.45, 2.75) is 87.0 Å². The molecular formula is C15H36O2. The molecule has 0 unspecified atom stereocenters. The molecule has 2 heteroatoms. The highest BCUT2D eigenvalue weighted by Gasteiger charge is 1.97. The third-order valence-electron chi connectivity index (χ3n) is 1.71. The van der Waals surface area contributed by atoms with Crippen LogP contribution in [0.3, 0.4) is 0 Å². The van der Waals surface area contributed by atoms with Gasteiger partial charge in [-0.2, -0.15) is 0 Å². The summed E-state index contributed by atoms with van der Waals surface area (Å²) < 4.78 is 4.52. The Hall–Kier alpha value is -0.530. The van der Waals surface area contributed by atoms with E-state index in [2.05, 4.69) is 11.7 Å². The molecule has 0 fully saturated rings. The van der Waals surface area contributed by atoms with E-state index < -0.39 is 0 Å². The van der Waals surface area contributed by atoms with E-state index in [-0.39, 0.29) is 5.97 Å². The number of esters is 1. The lowest BCUT2D eigenvalue weighted by Gasteiger charge is -1.98. The molecule has 0 aromatic heterocycles. The first kappa shape index (κ1) is 25.3. The second-order valence-corrected chi connectivity index (χ2v) is 2.74. The van der Waals surface area contributed by atoms with Crippen LogP contribution in [0.2, 0.25) is 0 Å². The third-order valence-corrected chi connectivity index (χ3v) is 1.71. The molecule has 0 rings (SSSR count). The van der Waals surface area contributed by atoms with E-state index in [1.165, 1.54) is 26.4 Å². The molecule has 0 aromatic rings. The number of hydrogen-bond acceptors (Lipinski definition) is 2. The monoisotopic (exact) mass is 248 g/mol. The van der Waals surface area contributed by atoms with Gasteiger partial charge in [0.05, 0.1) is 7.11 Å². The SMILES string of the molecule is CC.CC.CC.CCCCCCCC(=O)OC. The Morgan fingerprint density at radius 3 is 1.59 bits per heavy atom. The van der Waals surface area contributed by atoms with Gasteiger partial charge in [-0.3, -0.25) is 4.79 Å². The summed E-state index contributed by atoms with van der Waals surface area (Å²) in [6, 6.07) is 0. The summed E-state index contributed by atoms with van der Waals surface area (Å²) in [5, 5.41) is 0. The van der Waals surface area contributed by atoms with Crippen LogP contribution in [-0.4, -0.2) is 13.1 Å². The number of carbonyl (C=O) groups excluding carboxylic acids is 1. The highest BCUT2D eigenvalue weighted by atomic mass is 16.5. The van der Waals surface area contributed by atoms with Crippen LogP contribution >= 0.6 is 0 Å². The average Bonchev–Trinajstić information content (AvgIpc) is 2.45. The minimum atomic E-state index is -0.0819. The van der Waals surface area contributed by atoms with Crippen LogP contribution in [0.5, 0.6) is 0 Å². The van der Waals surface area contributed by atoms with E-state index in [0.29, 0.717) is 6.42 Å². The van der Waals surface area contributed by atoms with Gasteiger partial charge in [-0.05, 0) is 6.42 Å². The van der Waals surface area contributed by atoms with Crippen LogP contribution in [0.25, 0.3) is 0 Å². The lowest BCUT2D eigenvalue weighted by molar-refractivity contribution is -0.140. The lowest BCUT2D eigenvalue weighted by Crippen LogP contribution is -1.98. The molecule has 0 saturated heterocycles. The standard InChI is InChI=1S/C9H18O2.3C2H6/c1-3-4-5-6-7-8-9(10)11-2;3*1-2/h3-8H2,1-2H3;3*1-2H3. The molecule has 108 valence electrons. The zero-order valence-corrected chi connectivity index (χ0v) is 13.6. The summed E-state index contributed by atoms with van der Waals surface area (Å²) in [6.07, 6.45) is 6.49. The summed E-state index contributed by atoms with van der Waals surface area (Å²) in [4.78, 5) is 10.6. The summed E-state index contributed by atoms with van der Waals surface area (Å²) in [7, 11) is 1.44. The van der Waals surface area contributed by atoms with E-state index >= 15 is 0 Å². The van der Waals surface area contributed by atoms with Gasteiger partial charge < -0.3 is 4.74 Å². The van der Waals surface area contributed by atoms with E-state index in [4.69, 9.17) is 0 Å². The van der Waals surface area contributed by atoms with E-state index in [0.717, 1.165) is 12.8 Å². The number of carbonyl (C=O) groups is 1. The van der Waals surface area contributed by atoms with Crippen LogP contribution in [0, 0.1) is 0 Å². The lowest BCUT2D eigenvalue weighted by atomic mass is 10.1. The Morgan fingerprint density at radius 1 is 0.824 bits per heavy atom. The molecule has 0 aliphatic heterocycles. The van der Waals surface area contributed by atoms with Crippen molar-refractivity contribution < 1.29 is 9.53 Å². The van der Waals surface area contributed by atoms with E-state index in [1.54, 1.807) is 0 Å². The van der Waals surface area contributed by atoms with Crippen LogP contribution in [-0.2, 0) is 9.53 Å². The van der Waals surface area contributed by atoms with Gasteiger partial charge in [0.2, 0.25) is 0 Å². The van der Waals surface area contributed by atoms with Crippen molar-refractivity contribution in [2.24, 2.45) is 0 Å². The van der Waals surface area contributed by atoms with E-state index in [1.807, 2.05) is 41.5 Å². The summed E-state index contributed by atoms with van der Waals surface area (Å²) in [6.45, 7) is 14.2. The van der Waals surface area contributed by atoms with Crippen molar-refractivity contribution in [3.8, 4) is 0 Å². The zero-order chi connectivity index (χ0) is 14.5. The third kappa shape index (κ3) is 39.1. The maximum Gasteiger partial charge on any atom is 0.305 e. The molecule has 2 nitrogen and oxygen atoms in total. The van der Waals surface area contributed by atoms with Crippen molar-refractivity contribution in [3.63, 3.8) is 0 Å². The minimum absolute atomic E-state index is 0.0819. The largest absolute Gasteiger partial charge is 0.469 e. The van der Waals surface area contributed by atoms with Gasteiger partial charge in [-0.25, -0.2) is 0 Å². The second kappa shape index (κ2) is 36.1. The van der Waals surface area contributed by atoms with Gasteiger partial charge in [0.15, 0.2) is 0 Å². The molecule has 0 heterocycles. The molecule has 0 aliphatic carbocycles. The second-order valence-electron chi connectivity index (χ2n) is 2.74. The first-order chi connectivity index (χ1) is 8.31. The molecular weight excluding hydrogens is 212 g/mol. The summed E-state index contributed by atoms with van der Waals surface area (Å²) in [5.41, 5.74) is 0. The predicted octanol–water partition coefficient (Wildman–Crippen LogP) is 5.60. The fourth-order valence-corrected chi connectivity index (χ4v) is 0.975. The summed E-state index contributed by atoms with van der Waals surface area (Å²) >= 11 is 0.